The molecule has 0 bridgehead atoms. The van der Waals surface area contributed by atoms with Gasteiger partial charge in [-0.1, -0.05) is 17.7 Å². The van der Waals surface area contributed by atoms with E-state index in [-0.39, 0.29) is 5.91 Å². The standard InChI is InChI=1S/C18H18ClN5OS/c1-13-11-16(24(21-13)18-20-5-10-26-18)17(25)23-8-6-22(7-9-23)15-4-2-3-14(19)12-15/h2-5,10-12H,6-9H2,1H3. The van der Waals surface area contributed by atoms with E-state index in [0.717, 1.165) is 29.5 Å². The summed E-state index contributed by atoms with van der Waals surface area (Å²) in [6, 6.07) is 9.65. The zero-order valence-corrected chi connectivity index (χ0v) is 15.9. The van der Waals surface area contributed by atoms with Crippen molar-refractivity contribution >= 4 is 34.5 Å². The van der Waals surface area contributed by atoms with Gasteiger partial charge in [0.05, 0.1) is 5.69 Å². The molecule has 26 heavy (non-hydrogen) atoms. The average Bonchev–Trinajstić information content (AvgIpc) is 3.30. The normalized spacial score (nSPS) is 14.7. The lowest BCUT2D eigenvalue weighted by atomic mass is 10.2. The van der Waals surface area contributed by atoms with E-state index in [1.807, 2.05) is 47.5 Å². The minimum absolute atomic E-state index is 0.00783. The van der Waals surface area contributed by atoms with Crippen molar-refractivity contribution in [3.8, 4) is 5.13 Å². The predicted octanol–water partition coefficient (Wildman–Crippen LogP) is 3.25. The summed E-state index contributed by atoms with van der Waals surface area (Å²) < 4.78 is 1.64. The Morgan fingerprint density at radius 3 is 2.69 bits per heavy atom. The van der Waals surface area contributed by atoms with E-state index in [9.17, 15) is 4.79 Å². The first-order valence-electron chi connectivity index (χ1n) is 8.38. The maximum absolute atomic E-state index is 13.0. The van der Waals surface area contributed by atoms with Crippen LogP contribution in [0.25, 0.3) is 5.13 Å². The quantitative estimate of drug-likeness (QED) is 0.692. The van der Waals surface area contributed by atoms with E-state index >= 15 is 0 Å². The molecule has 8 heteroatoms. The number of halogens is 1. The molecule has 1 fully saturated rings. The monoisotopic (exact) mass is 387 g/mol. The number of nitrogens with zero attached hydrogens (tertiary/aromatic N) is 5. The Morgan fingerprint density at radius 2 is 2.00 bits per heavy atom. The molecule has 0 radical (unpaired) electrons. The third-order valence-electron chi connectivity index (χ3n) is 4.39. The van der Waals surface area contributed by atoms with Crippen molar-refractivity contribution in [2.24, 2.45) is 0 Å². The van der Waals surface area contributed by atoms with E-state index < -0.39 is 0 Å². The number of carbonyl (C=O) groups is 1. The van der Waals surface area contributed by atoms with Crippen LogP contribution in [0, 0.1) is 6.92 Å². The first-order chi connectivity index (χ1) is 12.6. The lowest BCUT2D eigenvalue weighted by Crippen LogP contribution is -2.49. The minimum Gasteiger partial charge on any atom is -0.368 e. The van der Waals surface area contributed by atoms with E-state index in [0.29, 0.717) is 23.9 Å². The predicted molar refractivity (Wildman–Crippen MR) is 104 cm³/mol. The van der Waals surface area contributed by atoms with Gasteiger partial charge in [0.25, 0.3) is 5.91 Å². The largest absolute Gasteiger partial charge is 0.368 e. The van der Waals surface area contributed by atoms with Gasteiger partial charge in [-0.2, -0.15) is 5.10 Å². The Bertz CT molecular complexity index is 916. The smallest absolute Gasteiger partial charge is 0.272 e. The van der Waals surface area contributed by atoms with Gasteiger partial charge in [0, 0.05) is 48.5 Å². The number of rotatable bonds is 3. The van der Waals surface area contributed by atoms with Gasteiger partial charge in [-0.25, -0.2) is 9.67 Å². The summed E-state index contributed by atoms with van der Waals surface area (Å²) >= 11 is 7.55. The molecular formula is C18H18ClN5OS. The number of hydrogen-bond donors (Lipinski definition) is 0. The molecule has 6 nitrogen and oxygen atoms in total. The number of piperazine rings is 1. The minimum atomic E-state index is -0.00783. The molecule has 1 saturated heterocycles. The molecule has 0 unspecified atom stereocenters. The van der Waals surface area contributed by atoms with Gasteiger partial charge in [0.15, 0.2) is 0 Å². The summed E-state index contributed by atoms with van der Waals surface area (Å²) in [5.74, 6) is -0.00783. The van der Waals surface area contributed by atoms with Crippen LogP contribution in [0.1, 0.15) is 16.2 Å². The Labute approximate surface area is 160 Å². The highest BCUT2D eigenvalue weighted by Gasteiger charge is 2.26. The van der Waals surface area contributed by atoms with Gasteiger partial charge in [0.1, 0.15) is 5.69 Å². The number of hydrogen-bond acceptors (Lipinski definition) is 5. The third-order valence-corrected chi connectivity index (χ3v) is 5.37. The van der Waals surface area contributed by atoms with Gasteiger partial charge >= 0.3 is 0 Å². The van der Waals surface area contributed by atoms with Gasteiger partial charge in [-0.15, -0.1) is 11.3 Å². The molecule has 1 aromatic carbocycles. The van der Waals surface area contributed by atoms with Crippen molar-refractivity contribution in [1.82, 2.24) is 19.7 Å². The Morgan fingerprint density at radius 1 is 1.19 bits per heavy atom. The molecule has 0 saturated carbocycles. The van der Waals surface area contributed by atoms with Crippen LogP contribution in [0.15, 0.2) is 41.9 Å². The zero-order chi connectivity index (χ0) is 18.1. The molecule has 1 aliphatic heterocycles. The second-order valence-electron chi connectivity index (χ2n) is 6.16. The topological polar surface area (TPSA) is 54.3 Å². The summed E-state index contributed by atoms with van der Waals surface area (Å²) in [5.41, 5.74) is 2.46. The summed E-state index contributed by atoms with van der Waals surface area (Å²) in [5, 5.41) is 7.75. The van der Waals surface area contributed by atoms with Gasteiger partial charge in [-0.05, 0) is 31.2 Å². The maximum Gasteiger partial charge on any atom is 0.272 e. The van der Waals surface area contributed by atoms with Crippen LogP contribution in [-0.2, 0) is 0 Å². The highest BCUT2D eigenvalue weighted by Crippen LogP contribution is 2.22. The van der Waals surface area contributed by atoms with E-state index in [1.165, 1.54) is 11.3 Å². The van der Waals surface area contributed by atoms with Crippen molar-refractivity contribution in [1.29, 1.82) is 0 Å². The number of anilines is 1. The van der Waals surface area contributed by atoms with E-state index in [2.05, 4.69) is 15.0 Å². The highest BCUT2D eigenvalue weighted by molar-refractivity contribution is 7.12. The number of thiazole rings is 1. The number of carbonyl (C=O) groups excluding carboxylic acids is 1. The highest BCUT2D eigenvalue weighted by atomic mass is 35.5. The van der Waals surface area contributed by atoms with Crippen LogP contribution in [0.5, 0.6) is 0 Å². The van der Waals surface area contributed by atoms with Crippen LogP contribution >= 0.6 is 22.9 Å². The zero-order valence-electron chi connectivity index (χ0n) is 14.3. The summed E-state index contributed by atoms with van der Waals surface area (Å²) in [6.45, 7) is 4.76. The number of aromatic nitrogens is 3. The fourth-order valence-corrected chi connectivity index (χ4v) is 3.91. The molecule has 1 aliphatic rings. The van der Waals surface area contributed by atoms with Crippen LogP contribution in [0.3, 0.4) is 0 Å². The van der Waals surface area contributed by atoms with E-state index in [1.54, 1.807) is 10.9 Å². The molecule has 0 spiro atoms. The van der Waals surface area contributed by atoms with Crippen molar-refractivity contribution in [2.45, 2.75) is 6.92 Å². The molecule has 2 aromatic heterocycles. The SMILES string of the molecule is Cc1cc(C(=O)N2CCN(c3cccc(Cl)c3)CC2)n(-c2nccs2)n1. The molecule has 0 atom stereocenters. The summed E-state index contributed by atoms with van der Waals surface area (Å²) in [7, 11) is 0. The maximum atomic E-state index is 13.0. The molecule has 1 amide bonds. The fourth-order valence-electron chi connectivity index (χ4n) is 3.12. The Kier molecular flexibility index (Phi) is 4.65. The second-order valence-corrected chi connectivity index (χ2v) is 7.47. The molecule has 134 valence electrons. The van der Waals surface area contributed by atoms with Crippen LogP contribution < -0.4 is 4.90 Å². The number of amides is 1. The van der Waals surface area contributed by atoms with Crippen molar-refractivity contribution in [3.63, 3.8) is 0 Å². The van der Waals surface area contributed by atoms with Gasteiger partial charge < -0.3 is 9.80 Å². The summed E-state index contributed by atoms with van der Waals surface area (Å²) in [6.07, 6.45) is 1.72. The van der Waals surface area contributed by atoms with Crippen LogP contribution in [0.2, 0.25) is 5.02 Å². The molecule has 3 heterocycles. The second kappa shape index (κ2) is 7.09. The fraction of sp³-hybridized carbons (Fsp3) is 0.278. The van der Waals surface area contributed by atoms with Crippen LogP contribution in [0.4, 0.5) is 5.69 Å². The summed E-state index contributed by atoms with van der Waals surface area (Å²) in [4.78, 5) is 21.4. The Hall–Kier alpha value is -2.38. The number of benzene rings is 1. The van der Waals surface area contributed by atoms with Crippen molar-refractivity contribution < 1.29 is 4.79 Å². The lowest BCUT2D eigenvalue weighted by Gasteiger charge is -2.36. The van der Waals surface area contributed by atoms with Gasteiger partial charge in [0.2, 0.25) is 5.13 Å². The first kappa shape index (κ1) is 17.1. The Balaban J connectivity index is 1.49. The first-order valence-corrected chi connectivity index (χ1v) is 9.64. The van der Waals surface area contributed by atoms with Gasteiger partial charge in [-0.3, -0.25) is 4.79 Å². The molecular weight excluding hydrogens is 370 g/mol. The molecule has 0 aliphatic carbocycles. The molecule has 4 rings (SSSR count). The molecule has 3 aromatic rings. The average molecular weight is 388 g/mol. The lowest BCUT2D eigenvalue weighted by molar-refractivity contribution is 0.0737. The van der Waals surface area contributed by atoms with E-state index in [4.69, 9.17) is 11.6 Å². The third kappa shape index (κ3) is 3.32. The van der Waals surface area contributed by atoms with Crippen molar-refractivity contribution in [3.05, 3.63) is 58.3 Å². The number of aryl methyl sites for hydroxylation is 1. The molecule has 0 N–H and O–H groups in total. The van der Waals surface area contributed by atoms with Crippen molar-refractivity contribution in [2.75, 3.05) is 31.1 Å². The van der Waals surface area contributed by atoms with Crippen LogP contribution in [-0.4, -0.2) is 51.8 Å².